The van der Waals surface area contributed by atoms with Gasteiger partial charge in [-0.25, -0.2) is 4.79 Å². The minimum absolute atomic E-state index is 0.0606. The van der Waals surface area contributed by atoms with E-state index in [1.807, 2.05) is 0 Å². The molecule has 10 heteroatoms. The maximum Gasteiger partial charge on any atom is 0.573 e. The molecule has 0 aliphatic carbocycles. The Morgan fingerprint density at radius 3 is 2.11 bits per heavy atom. The topological polar surface area (TPSA) is 88.7 Å². The Kier molecular flexibility index (Phi) is 5.13. The van der Waals surface area contributed by atoms with Gasteiger partial charge in [0.15, 0.2) is 0 Å². The lowest BCUT2D eigenvalue weighted by Crippen LogP contribution is -2.55. The largest absolute Gasteiger partial charge is 0.573 e. The summed E-state index contributed by atoms with van der Waals surface area (Å²) in [5.41, 5.74) is -1.47. The van der Waals surface area contributed by atoms with Crippen LogP contribution in [0.1, 0.15) is 40.5 Å². The molecule has 0 radical (unpaired) electrons. The van der Waals surface area contributed by atoms with Gasteiger partial charge in [-0.05, 0) is 58.9 Å². The van der Waals surface area contributed by atoms with Crippen LogP contribution in [0.3, 0.4) is 0 Å². The van der Waals surface area contributed by atoms with Crippen molar-refractivity contribution in [3.8, 4) is 17.1 Å². The highest BCUT2D eigenvalue weighted by Crippen LogP contribution is 2.34. The molecule has 7 nitrogen and oxygen atoms in total. The number of aromatic nitrogens is 2. The summed E-state index contributed by atoms with van der Waals surface area (Å²) in [6, 6.07) is 4.95. The molecule has 1 amide bonds. The number of halogens is 3. The molecule has 2 rings (SSSR count). The van der Waals surface area contributed by atoms with Gasteiger partial charge in [0, 0.05) is 11.1 Å². The lowest BCUT2D eigenvalue weighted by molar-refractivity contribution is -0.274. The van der Waals surface area contributed by atoms with Gasteiger partial charge in [0.05, 0.1) is 0 Å². The van der Waals surface area contributed by atoms with Crippen LogP contribution in [0, 0.1) is 0 Å². The summed E-state index contributed by atoms with van der Waals surface area (Å²) in [6.07, 6.45) is -5.93. The number of carbonyl (C=O) groups is 1. The number of amides is 1. The van der Waals surface area contributed by atoms with Crippen LogP contribution < -0.4 is 4.74 Å². The molecule has 0 spiro atoms. The van der Waals surface area contributed by atoms with Crippen LogP contribution in [-0.4, -0.2) is 38.1 Å². The van der Waals surface area contributed by atoms with Gasteiger partial charge in [0.25, 0.3) is 5.89 Å². The first kappa shape index (κ1) is 20.5. The van der Waals surface area contributed by atoms with E-state index in [9.17, 15) is 23.1 Å². The zero-order chi connectivity index (χ0) is 20.6. The Morgan fingerprint density at radius 1 is 1.11 bits per heavy atom. The Balaban J connectivity index is 2.31. The van der Waals surface area contributed by atoms with Crippen LogP contribution in [0.25, 0.3) is 11.4 Å². The van der Waals surface area contributed by atoms with Crippen LogP contribution in [0.2, 0.25) is 0 Å². The van der Waals surface area contributed by atoms with E-state index in [4.69, 9.17) is 4.52 Å². The first-order valence-corrected chi connectivity index (χ1v) is 7.95. The third-order valence-corrected chi connectivity index (χ3v) is 3.72. The average molecular weight is 387 g/mol. The summed E-state index contributed by atoms with van der Waals surface area (Å²) in [6.45, 7) is 8.46. The van der Waals surface area contributed by atoms with Gasteiger partial charge < -0.3 is 14.4 Å². The van der Waals surface area contributed by atoms with Gasteiger partial charge >= 0.3 is 12.5 Å². The van der Waals surface area contributed by atoms with E-state index in [1.165, 1.54) is 17.0 Å². The van der Waals surface area contributed by atoms with Crippen LogP contribution in [0.4, 0.5) is 18.0 Å². The van der Waals surface area contributed by atoms with Gasteiger partial charge in [-0.3, -0.25) is 4.90 Å². The van der Waals surface area contributed by atoms with Crippen molar-refractivity contribution in [1.82, 2.24) is 15.0 Å². The van der Waals surface area contributed by atoms with Gasteiger partial charge in [-0.2, -0.15) is 4.98 Å². The number of hydrogen-bond donors (Lipinski definition) is 1. The van der Waals surface area contributed by atoms with Crippen molar-refractivity contribution in [1.29, 1.82) is 0 Å². The van der Waals surface area contributed by atoms with Crippen molar-refractivity contribution in [2.75, 3.05) is 0 Å². The maximum atomic E-state index is 12.2. The van der Waals surface area contributed by atoms with E-state index in [0.29, 0.717) is 5.56 Å². The van der Waals surface area contributed by atoms with E-state index in [2.05, 4.69) is 14.9 Å². The summed E-state index contributed by atoms with van der Waals surface area (Å²) >= 11 is 0. The monoisotopic (exact) mass is 387 g/mol. The van der Waals surface area contributed by atoms with E-state index < -0.39 is 23.5 Å². The van der Waals surface area contributed by atoms with Crippen LogP contribution in [-0.2, 0) is 5.54 Å². The predicted molar refractivity (Wildman–Crippen MR) is 89.1 cm³/mol. The predicted octanol–water partition coefficient (Wildman–Crippen LogP) is 4.65. The van der Waals surface area contributed by atoms with Crippen LogP contribution in [0.15, 0.2) is 28.8 Å². The highest BCUT2D eigenvalue weighted by Gasteiger charge is 2.44. The average Bonchev–Trinajstić information content (AvgIpc) is 2.94. The van der Waals surface area contributed by atoms with Gasteiger partial charge in [-0.15, -0.1) is 13.2 Å². The molecular formula is C17H20F3N3O4. The minimum Gasteiger partial charge on any atom is -0.465 e. The van der Waals surface area contributed by atoms with Crippen LogP contribution >= 0.6 is 0 Å². The Bertz CT molecular complexity index is 808. The summed E-state index contributed by atoms with van der Waals surface area (Å²) in [5, 5.41) is 13.4. The third kappa shape index (κ3) is 4.69. The number of hydrogen-bond acceptors (Lipinski definition) is 5. The van der Waals surface area contributed by atoms with E-state index in [-0.39, 0.29) is 17.5 Å². The molecule has 1 heterocycles. The molecule has 0 aliphatic heterocycles. The van der Waals surface area contributed by atoms with E-state index >= 15 is 0 Å². The lowest BCUT2D eigenvalue weighted by atomic mass is 9.95. The molecule has 148 valence electrons. The second-order valence-electron chi connectivity index (χ2n) is 7.34. The Hall–Kier alpha value is -2.78. The van der Waals surface area contributed by atoms with Crippen LogP contribution in [0.5, 0.6) is 5.75 Å². The van der Waals surface area contributed by atoms with Gasteiger partial charge in [0.1, 0.15) is 11.3 Å². The highest BCUT2D eigenvalue weighted by molar-refractivity contribution is 5.67. The zero-order valence-electron chi connectivity index (χ0n) is 15.5. The second kappa shape index (κ2) is 6.75. The number of rotatable bonds is 4. The first-order chi connectivity index (χ1) is 12.2. The molecule has 0 fully saturated rings. The van der Waals surface area contributed by atoms with Crippen molar-refractivity contribution < 1.29 is 32.3 Å². The summed E-state index contributed by atoms with van der Waals surface area (Å²) < 4.78 is 45.7. The fourth-order valence-corrected chi connectivity index (χ4v) is 2.86. The molecule has 0 bridgehead atoms. The molecule has 0 aliphatic rings. The lowest BCUT2D eigenvalue weighted by Gasteiger charge is -2.42. The zero-order valence-corrected chi connectivity index (χ0v) is 15.5. The Morgan fingerprint density at radius 2 is 1.67 bits per heavy atom. The second-order valence-corrected chi connectivity index (χ2v) is 7.34. The van der Waals surface area contributed by atoms with Crippen molar-refractivity contribution in [2.24, 2.45) is 0 Å². The number of ether oxygens (including phenoxy) is 1. The Labute approximate surface area is 153 Å². The number of alkyl halides is 3. The minimum atomic E-state index is -4.78. The molecule has 0 saturated carbocycles. The summed E-state index contributed by atoms with van der Waals surface area (Å²) in [7, 11) is 0. The van der Waals surface area contributed by atoms with E-state index in [0.717, 1.165) is 12.1 Å². The summed E-state index contributed by atoms with van der Waals surface area (Å²) in [4.78, 5) is 17.1. The SMILES string of the molecule is CC(C)(C)N(C(=O)O)C(C)(C)c1nc(-c2ccc(OC(F)(F)F)cc2)no1. The smallest absolute Gasteiger partial charge is 0.465 e. The maximum absolute atomic E-state index is 12.2. The fraction of sp³-hybridized carbons (Fsp3) is 0.471. The third-order valence-electron chi connectivity index (χ3n) is 3.72. The molecule has 1 aromatic carbocycles. The number of benzene rings is 1. The standard InChI is InChI=1S/C17H20F3N3O4/c1-15(2,3)23(14(24)25)16(4,5)13-21-12(22-27-13)10-6-8-11(9-7-10)26-17(18,19)20/h6-9H,1-5H3,(H,24,25). The fourth-order valence-electron chi connectivity index (χ4n) is 2.86. The van der Waals surface area contributed by atoms with Crippen molar-refractivity contribution in [3.05, 3.63) is 30.2 Å². The molecule has 27 heavy (non-hydrogen) atoms. The molecular weight excluding hydrogens is 367 g/mol. The first-order valence-electron chi connectivity index (χ1n) is 7.95. The van der Waals surface area contributed by atoms with Gasteiger partial charge in [0.2, 0.25) is 5.82 Å². The molecule has 1 aromatic heterocycles. The van der Waals surface area contributed by atoms with Gasteiger partial charge in [-0.1, -0.05) is 5.16 Å². The molecule has 0 saturated heterocycles. The van der Waals surface area contributed by atoms with Crippen molar-refractivity contribution >= 4 is 6.09 Å². The number of nitrogens with zero attached hydrogens (tertiary/aromatic N) is 3. The summed E-state index contributed by atoms with van der Waals surface area (Å²) in [5.74, 6) is -0.193. The quantitative estimate of drug-likeness (QED) is 0.822. The normalized spacial score (nSPS) is 12.7. The van der Waals surface area contributed by atoms with Crippen molar-refractivity contribution in [3.63, 3.8) is 0 Å². The van der Waals surface area contributed by atoms with Crippen molar-refractivity contribution in [2.45, 2.75) is 52.1 Å². The number of carboxylic acid groups (broad SMARTS) is 1. The molecule has 2 aromatic rings. The highest BCUT2D eigenvalue weighted by atomic mass is 19.4. The van der Waals surface area contributed by atoms with E-state index in [1.54, 1.807) is 34.6 Å². The molecule has 0 atom stereocenters. The molecule has 0 unspecified atom stereocenters. The molecule has 1 N–H and O–H groups in total.